The zero-order valence-electron chi connectivity index (χ0n) is 22.3. The van der Waals surface area contributed by atoms with Gasteiger partial charge in [0.15, 0.2) is 5.13 Å². The largest absolute Gasteiger partial charge is 0.445 e. The molecule has 3 N–H and O–H groups in total. The normalized spacial score (nSPS) is 21.5. The Morgan fingerprint density at radius 1 is 1.15 bits per heavy atom. The van der Waals surface area contributed by atoms with Crippen LogP contribution in [0.25, 0.3) is 0 Å². The Morgan fingerprint density at radius 3 is 2.56 bits per heavy atom. The number of amides is 2. The molecule has 206 valence electrons. The van der Waals surface area contributed by atoms with Crippen molar-refractivity contribution < 1.29 is 18.7 Å². The highest BCUT2D eigenvalue weighted by Gasteiger charge is 2.54. The van der Waals surface area contributed by atoms with Crippen molar-refractivity contribution in [3.63, 3.8) is 0 Å². The maximum absolute atomic E-state index is 13.6. The number of nitrogens with zero attached hydrogens (tertiary/aromatic N) is 3. The van der Waals surface area contributed by atoms with Gasteiger partial charge in [-0.3, -0.25) is 4.79 Å². The molecule has 2 aromatic carbocycles. The van der Waals surface area contributed by atoms with Crippen LogP contribution in [0.2, 0.25) is 0 Å². The van der Waals surface area contributed by atoms with E-state index in [-0.39, 0.29) is 36.3 Å². The van der Waals surface area contributed by atoms with Gasteiger partial charge >= 0.3 is 6.09 Å². The van der Waals surface area contributed by atoms with Crippen LogP contribution in [0.3, 0.4) is 0 Å². The minimum Gasteiger partial charge on any atom is -0.445 e. The van der Waals surface area contributed by atoms with E-state index >= 15 is 0 Å². The molecule has 2 saturated heterocycles. The molecule has 0 unspecified atom stereocenters. The van der Waals surface area contributed by atoms with Crippen molar-refractivity contribution >= 4 is 34.2 Å². The molecule has 3 aromatic rings. The summed E-state index contributed by atoms with van der Waals surface area (Å²) in [7, 11) is 0. The fraction of sp³-hybridized carbons (Fsp3) is 0.414. The molecule has 0 aliphatic carbocycles. The zero-order valence-corrected chi connectivity index (χ0v) is 23.2. The molecule has 4 atom stereocenters. The third kappa shape index (κ3) is 5.77. The average molecular weight is 552 g/mol. The predicted molar refractivity (Wildman–Crippen MR) is 149 cm³/mol. The molecule has 0 bridgehead atoms. The SMILES string of the molecule is CC(C)(C)[C@H](N)C(=O)N1CC[C@@H]2[C@H]1[C@@H](c1csc(Nc3ccc(F)cc3)n1)CN2C(=O)OCc1ccccc1. The average Bonchev–Trinajstić information content (AvgIpc) is 3.64. The zero-order chi connectivity index (χ0) is 27.7. The van der Waals surface area contributed by atoms with Gasteiger partial charge in [-0.05, 0) is 41.7 Å². The summed E-state index contributed by atoms with van der Waals surface area (Å²) >= 11 is 1.43. The van der Waals surface area contributed by atoms with Crippen molar-refractivity contribution in [1.29, 1.82) is 0 Å². The minimum atomic E-state index is -0.665. The number of benzene rings is 2. The van der Waals surface area contributed by atoms with E-state index in [1.54, 1.807) is 17.0 Å². The molecule has 5 rings (SSSR count). The van der Waals surface area contributed by atoms with Crippen molar-refractivity contribution in [2.24, 2.45) is 11.1 Å². The Morgan fingerprint density at radius 2 is 1.87 bits per heavy atom. The van der Waals surface area contributed by atoms with Gasteiger partial charge in [-0.1, -0.05) is 51.1 Å². The van der Waals surface area contributed by atoms with E-state index in [4.69, 9.17) is 15.5 Å². The molecule has 0 saturated carbocycles. The molecular weight excluding hydrogens is 517 g/mol. The van der Waals surface area contributed by atoms with Gasteiger partial charge in [0.2, 0.25) is 5.91 Å². The second-order valence-electron chi connectivity index (χ2n) is 11.2. The second-order valence-corrected chi connectivity index (χ2v) is 12.1. The second kappa shape index (κ2) is 10.9. The van der Waals surface area contributed by atoms with E-state index in [0.717, 1.165) is 16.9 Å². The van der Waals surface area contributed by atoms with Crippen LogP contribution in [0.15, 0.2) is 60.0 Å². The van der Waals surface area contributed by atoms with Gasteiger partial charge in [-0.15, -0.1) is 11.3 Å². The van der Waals surface area contributed by atoms with Gasteiger partial charge < -0.3 is 25.6 Å². The number of nitrogens with two attached hydrogens (primary N) is 1. The van der Waals surface area contributed by atoms with Gasteiger partial charge in [-0.25, -0.2) is 14.2 Å². The predicted octanol–water partition coefficient (Wildman–Crippen LogP) is 5.10. The highest BCUT2D eigenvalue weighted by atomic mass is 32.1. The van der Waals surface area contributed by atoms with Crippen LogP contribution in [0.4, 0.5) is 20.0 Å². The molecule has 10 heteroatoms. The van der Waals surface area contributed by atoms with Crippen LogP contribution in [-0.2, 0) is 16.1 Å². The third-order valence-corrected chi connectivity index (χ3v) is 8.32. The number of ether oxygens (including phenoxy) is 1. The lowest BCUT2D eigenvalue weighted by Gasteiger charge is -2.34. The number of fused-ring (bicyclic) bond motifs is 1. The molecule has 39 heavy (non-hydrogen) atoms. The van der Waals surface area contributed by atoms with Crippen LogP contribution < -0.4 is 11.1 Å². The van der Waals surface area contributed by atoms with E-state index in [1.807, 2.05) is 61.4 Å². The Bertz CT molecular complexity index is 1310. The highest BCUT2D eigenvalue weighted by molar-refractivity contribution is 7.13. The molecule has 3 heterocycles. The molecule has 0 spiro atoms. The molecule has 8 nitrogen and oxygen atoms in total. The maximum Gasteiger partial charge on any atom is 0.410 e. The molecule has 2 aliphatic heterocycles. The number of carbonyl (C=O) groups is 2. The quantitative estimate of drug-likeness (QED) is 0.442. The minimum absolute atomic E-state index is 0.112. The first-order valence-corrected chi connectivity index (χ1v) is 14.0. The summed E-state index contributed by atoms with van der Waals surface area (Å²) in [5.74, 6) is -0.617. The van der Waals surface area contributed by atoms with Crippen molar-refractivity contribution in [1.82, 2.24) is 14.8 Å². The number of rotatable bonds is 6. The Hall–Kier alpha value is -3.50. The van der Waals surface area contributed by atoms with Gasteiger partial charge in [0, 0.05) is 30.1 Å². The molecule has 2 fully saturated rings. The number of thiazole rings is 1. The number of halogens is 1. The van der Waals surface area contributed by atoms with Crippen molar-refractivity contribution in [3.05, 3.63) is 77.1 Å². The Kier molecular flexibility index (Phi) is 7.59. The fourth-order valence-corrected chi connectivity index (χ4v) is 6.13. The number of hydrogen-bond acceptors (Lipinski definition) is 7. The van der Waals surface area contributed by atoms with E-state index in [9.17, 15) is 14.0 Å². The topological polar surface area (TPSA) is 101 Å². The monoisotopic (exact) mass is 551 g/mol. The third-order valence-electron chi connectivity index (χ3n) is 7.54. The Balaban J connectivity index is 1.38. The van der Waals surface area contributed by atoms with Crippen LogP contribution in [0, 0.1) is 11.2 Å². The van der Waals surface area contributed by atoms with Crippen molar-refractivity contribution in [2.45, 2.75) is 57.8 Å². The van der Waals surface area contributed by atoms with Crippen molar-refractivity contribution in [3.8, 4) is 0 Å². The molecule has 0 radical (unpaired) electrons. The van der Waals surface area contributed by atoms with Gasteiger partial charge in [-0.2, -0.15) is 0 Å². The molecular formula is C29H34FN5O3S. The highest BCUT2D eigenvalue weighted by Crippen LogP contribution is 2.43. The first-order valence-electron chi connectivity index (χ1n) is 13.1. The number of anilines is 2. The van der Waals surface area contributed by atoms with Gasteiger partial charge in [0.05, 0.1) is 23.8 Å². The van der Waals surface area contributed by atoms with E-state index in [2.05, 4.69) is 5.32 Å². The van der Waals surface area contributed by atoms with Crippen LogP contribution in [0.1, 0.15) is 44.4 Å². The number of carbonyl (C=O) groups excluding carboxylic acids is 2. The number of aromatic nitrogens is 1. The van der Waals surface area contributed by atoms with E-state index < -0.39 is 17.6 Å². The summed E-state index contributed by atoms with van der Waals surface area (Å²) in [4.78, 5) is 35.3. The summed E-state index contributed by atoms with van der Waals surface area (Å²) < 4.78 is 19.0. The van der Waals surface area contributed by atoms with Gasteiger partial charge in [0.1, 0.15) is 12.4 Å². The number of hydrogen-bond donors (Lipinski definition) is 2. The van der Waals surface area contributed by atoms with E-state index in [1.165, 1.54) is 23.5 Å². The first kappa shape index (κ1) is 27.1. The molecule has 1 aromatic heterocycles. The molecule has 2 amide bonds. The van der Waals surface area contributed by atoms with Crippen LogP contribution >= 0.6 is 11.3 Å². The Labute approximate surface area is 232 Å². The standard InChI is InChI=1S/C29H34FN5O3S/c1-29(2,3)25(31)26(36)34-14-13-23-24(34)21(15-35(23)28(37)38-16-18-7-5-4-6-8-18)22-17-39-27(33-22)32-20-11-9-19(30)10-12-20/h4-12,17,21,23-25H,13-16,31H2,1-3H3,(H,32,33)/t21-,23-,24-,25-/m1/s1. The van der Waals surface area contributed by atoms with Crippen LogP contribution in [0.5, 0.6) is 0 Å². The summed E-state index contributed by atoms with van der Waals surface area (Å²) in [6.45, 7) is 6.94. The summed E-state index contributed by atoms with van der Waals surface area (Å²) in [5, 5.41) is 5.82. The fourth-order valence-electron chi connectivity index (χ4n) is 5.34. The summed E-state index contributed by atoms with van der Waals surface area (Å²) in [5.41, 5.74) is 8.43. The number of likely N-dealkylation sites (tertiary alicyclic amines) is 2. The summed E-state index contributed by atoms with van der Waals surface area (Å²) in [6, 6.07) is 14.5. The lowest BCUT2D eigenvalue weighted by Crippen LogP contribution is -2.53. The first-order chi connectivity index (χ1) is 18.6. The maximum atomic E-state index is 13.6. The summed E-state index contributed by atoms with van der Waals surface area (Å²) in [6.07, 6.45) is 0.250. The lowest BCUT2D eigenvalue weighted by molar-refractivity contribution is -0.136. The van der Waals surface area contributed by atoms with Crippen molar-refractivity contribution in [2.75, 3.05) is 18.4 Å². The van der Waals surface area contributed by atoms with Gasteiger partial charge in [0.25, 0.3) is 0 Å². The molecule has 2 aliphatic rings. The number of nitrogens with one attached hydrogen (secondary N) is 1. The smallest absolute Gasteiger partial charge is 0.410 e. The van der Waals surface area contributed by atoms with E-state index in [0.29, 0.717) is 24.6 Å². The lowest BCUT2D eigenvalue weighted by atomic mass is 9.86. The van der Waals surface area contributed by atoms with Crippen LogP contribution in [-0.4, -0.2) is 58.0 Å².